The fourth-order valence-corrected chi connectivity index (χ4v) is 2.38. The summed E-state index contributed by atoms with van der Waals surface area (Å²) < 4.78 is 33.3. The third-order valence-corrected chi connectivity index (χ3v) is 3.94. The van der Waals surface area contributed by atoms with Gasteiger partial charge in [-0.05, 0) is 23.6 Å². The van der Waals surface area contributed by atoms with Gasteiger partial charge in [0.1, 0.15) is 12.4 Å². The summed E-state index contributed by atoms with van der Waals surface area (Å²) in [5.74, 6) is 0.647. The van der Waals surface area contributed by atoms with Crippen molar-refractivity contribution >= 4 is 19.7 Å². The Hall–Kier alpha value is -0.780. The van der Waals surface area contributed by atoms with Gasteiger partial charge < -0.3 is 9.47 Å². The molecule has 0 saturated carbocycles. The standard InChI is InChI=1S/C13H19ClO4S/c1-13(2,3)11-9-10(19(14,15)16)5-6-12(11)18-8-7-17-4/h5-6,9H,7-8H2,1-4H3. The summed E-state index contributed by atoms with van der Waals surface area (Å²) in [4.78, 5) is 0.0817. The molecule has 4 nitrogen and oxygen atoms in total. The molecule has 0 spiro atoms. The molecule has 0 N–H and O–H groups in total. The highest BCUT2D eigenvalue weighted by Crippen LogP contribution is 2.34. The molecule has 0 saturated heterocycles. The van der Waals surface area contributed by atoms with E-state index in [1.807, 2.05) is 20.8 Å². The number of hydrogen-bond donors (Lipinski definition) is 0. The monoisotopic (exact) mass is 306 g/mol. The molecular weight excluding hydrogens is 288 g/mol. The van der Waals surface area contributed by atoms with Crippen molar-refractivity contribution < 1.29 is 17.9 Å². The average Bonchev–Trinajstić information content (AvgIpc) is 2.27. The van der Waals surface area contributed by atoms with E-state index in [1.165, 1.54) is 6.07 Å². The molecule has 1 aromatic carbocycles. The Bertz CT molecular complexity index is 532. The van der Waals surface area contributed by atoms with Crippen LogP contribution in [0.5, 0.6) is 5.75 Å². The van der Waals surface area contributed by atoms with Crippen LogP contribution in [-0.2, 0) is 19.2 Å². The Morgan fingerprint density at radius 2 is 1.84 bits per heavy atom. The van der Waals surface area contributed by atoms with Crippen molar-refractivity contribution in [1.29, 1.82) is 0 Å². The van der Waals surface area contributed by atoms with Gasteiger partial charge in [-0.15, -0.1) is 0 Å². The zero-order valence-electron chi connectivity index (χ0n) is 11.6. The van der Waals surface area contributed by atoms with Crippen LogP contribution in [0, 0.1) is 0 Å². The van der Waals surface area contributed by atoms with Crippen molar-refractivity contribution in [3.05, 3.63) is 23.8 Å². The lowest BCUT2D eigenvalue weighted by Gasteiger charge is -2.23. The Balaban J connectivity index is 3.18. The smallest absolute Gasteiger partial charge is 0.261 e. The SMILES string of the molecule is COCCOc1ccc(S(=O)(=O)Cl)cc1C(C)(C)C. The molecule has 0 amide bonds. The first-order chi connectivity index (χ1) is 8.66. The first-order valence-corrected chi connectivity index (χ1v) is 8.18. The van der Waals surface area contributed by atoms with Crippen LogP contribution in [0.3, 0.4) is 0 Å². The molecule has 6 heteroatoms. The van der Waals surface area contributed by atoms with Crippen LogP contribution in [0.2, 0.25) is 0 Å². The number of ether oxygens (including phenoxy) is 2. The largest absolute Gasteiger partial charge is 0.491 e. The molecule has 0 aromatic heterocycles. The molecule has 0 unspecified atom stereocenters. The van der Waals surface area contributed by atoms with Gasteiger partial charge in [0.05, 0.1) is 11.5 Å². The van der Waals surface area contributed by atoms with Gasteiger partial charge in [-0.1, -0.05) is 20.8 Å². The van der Waals surface area contributed by atoms with E-state index in [1.54, 1.807) is 19.2 Å². The first kappa shape index (κ1) is 16.3. The minimum absolute atomic E-state index is 0.0817. The van der Waals surface area contributed by atoms with Gasteiger partial charge in [-0.3, -0.25) is 0 Å². The third-order valence-electron chi connectivity index (χ3n) is 2.59. The molecule has 0 bridgehead atoms. The summed E-state index contributed by atoms with van der Waals surface area (Å²) in [6.07, 6.45) is 0. The van der Waals surface area contributed by atoms with E-state index < -0.39 is 9.05 Å². The van der Waals surface area contributed by atoms with E-state index in [0.717, 1.165) is 5.56 Å². The zero-order chi connectivity index (χ0) is 14.7. The maximum absolute atomic E-state index is 11.4. The van der Waals surface area contributed by atoms with Crippen LogP contribution >= 0.6 is 10.7 Å². The minimum Gasteiger partial charge on any atom is -0.491 e. The topological polar surface area (TPSA) is 52.6 Å². The summed E-state index contributed by atoms with van der Waals surface area (Å²) in [6.45, 7) is 6.83. The van der Waals surface area contributed by atoms with Crippen molar-refractivity contribution in [2.75, 3.05) is 20.3 Å². The lowest BCUT2D eigenvalue weighted by Crippen LogP contribution is -2.15. The van der Waals surface area contributed by atoms with Crippen molar-refractivity contribution in [2.24, 2.45) is 0 Å². The molecule has 1 aromatic rings. The van der Waals surface area contributed by atoms with E-state index in [0.29, 0.717) is 19.0 Å². The number of hydrogen-bond acceptors (Lipinski definition) is 4. The van der Waals surface area contributed by atoms with Gasteiger partial charge in [-0.2, -0.15) is 0 Å². The molecule has 0 aliphatic carbocycles. The Morgan fingerprint density at radius 1 is 1.21 bits per heavy atom. The zero-order valence-corrected chi connectivity index (χ0v) is 13.1. The van der Waals surface area contributed by atoms with E-state index in [-0.39, 0.29) is 10.3 Å². The van der Waals surface area contributed by atoms with Crippen LogP contribution in [-0.4, -0.2) is 28.7 Å². The number of methoxy groups -OCH3 is 1. The highest BCUT2D eigenvalue weighted by molar-refractivity contribution is 8.13. The van der Waals surface area contributed by atoms with Crippen LogP contribution in [0.1, 0.15) is 26.3 Å². The van der Waals surface area contributed by atoms with Crippen LogP contribution < -0.4 is 4.74 Å². The van der Waals surface area contributed by atoms with E-state index in [9.17, 15) is 8.42 Å². The molecule has 1 rings (SSSR count). The van der Waals surface area contributed by atoms with Gasteiger partial charge in [0.25, 0.3) is 9.05 Å². The number of benzene rings is 1. The number of halogens is 1. The molecule has 0 aliphatic rings. The van der Waals surface area contributed by atoms with Crippen LogP contribution in [0.25, 0.3) is 0 Å². The summed E-state index contributed by atoms with van der Waals surface area (Å²) in [5, 5.41) is 0. The van der Waals surface area contributed by atoms with Gasteiger partial charge in [0, 0.05) is 23.4 Å². The Morgan fingerprint density at radius 3 is 2.32 bits per heavy atom. The van der Waals surface area contributed by atoms with Gasteiger partial charge in [0.15, 0.2) is 0 Å². The molecule has 19 heavy (non-hydrogen) atoms. The maximum atomic E-state index is 11.4. The summed E-state index contributed by atoms with van der Waals surface area (Å²) in [5.41, 5.74) is 0.547. The average molecular weight is 307 g/mol. The third kappa shape index (κ3) is 4.67. The molecule has 0 fully saturated rings. The molecule has 108 valence electrons. The summed E-state index contributed by atoms with van der Waals surface area (Å²) in [6, 6.07) is 4.63. The van der Waals surface area contributed by atoms with E-state index in [2.05, 4.69) is 0 Å². The molecule has 0 radical (unpaired) electrons. The quantitative estimate of drug-likeness (QED) is 0.620. The van der Waals surface area contributed by atoms with Crippen molar-refractivity contribution in [3.8, 4) is 5.75 Å². The normalized spacial score (nSPS) is 12.5. The fourth-order valence-electron chi connectivity index (χ4n) is 1.61. The molecule has 0 aliphatic heterocycles. The summed E-state index contributed by atoms with van der Waals surface area (Å²) in [7, 11) is 3.23. The van der Waals surface area contributed by atoms with E-state index >= 15 is 0 Å². The molecular formula is C13H19ClO4S. The number of rotatable bonds is 5. The summed E-state index contributed by atoms with van der Waals surface area (Å²) >= 11 is 0. The van der Waals surface area contributed by atoms with Crippen molar-refractivity contribution in [2.45, 2.75) is 31.1 Å². The van der Waals surface area contributed by atoms with Crippen LogP contribution in [0.4, 0.5) is 0 Å². The predicted molar refractivity (Wildman–Crippen MR) is 75.6 cm³/mol. The van der Waals surface area contributed by atoms with Gasteiger partial charge in [0.2, 0.25) is 0 Å². The Kier molecular flexibility index (Phi) is 5.24. The lowest BCUT2D eigenvalue weighted by molar-refractivity contribution is 0.145. The minimum atomic E-state index is -3.74. The van der Waals surface area contributed by atoms with Crippen molar-refractivity contribution in [3.63, 3.8) is 0 Å². The fraction of sp³-hybridized carbons (Fsp3) is 0.538. The predicted octanol–water partition coefficient (Wildman–Crippen LogP) is 2.94. The molecule has 0 heterocycles. The van der Waals surface area contributed by atoms with Crippen molar-refractivity contribution in [1.82, 2.24) is 0 Å². The second-order valence-corrected chi connectivity index (χ2v) is 7.75. The second kappa shape index (κ2) is 6.11. The Labute approximate surface area is 119 Å². The van der Waals surface area contributed by atoms with Gasteiger partial charge in [-0.25, -0.2) is 8.42 Å². The second-order valence-electron chi connectivity index (χ2n) is 5.19. The highest BCUT2D eigenvalue weighted by atomic mass is 35.7. The molecule has 0 atom stereocenters. The van der Waals surface area contributed by atoms with E-state index in [4.69, 9.17) is 20.2 Å². The highest BCUT2D eigenvalue weighted by Gasteiger charge is 2.22. The van der Waals surface area contributed by atoms with Gasteiger partial charge >= 0.3 is 0 Å². The maximum Gasteiger partial charge on any atom is 0.261 e. The first-order valence-electron chi connectivity index (χ1n) is 5.87. The lowest BCUT2D eigenvalue weighted by atomic mass is 9.86. The van der Waals surface area contributed by atoms with Crippen LogP contribution in [0.15, 0.2) is 23.1 Å².